The van der Waals surface area contributed by atoms with Crippen molar-refractivity contribution in [3.8, 4) is 0 Å². The second-order valence-corrected chi connectivity index (χ2v) is 6.02. The summed E-state index contributed by atoms with van der Waals surface area (Å²) in [4.78, 5) is 23.4. The number of hydrogen-bond donors (Lipinski definition) is 2. The number of nitrogens with two attached hydrogens (primary N) is 1. The molecule has 0 atom stereocenters. The minimum Gasteiger partial charge on any atom is -0.382 e. The normalized spacial score (nSPS) is 14.6. The van der Waals surface area contributed by atoms with E-state index in [9.17, 15) is 4.79 Å². The fourth-order valence-electron chi connectivity index (χ4n) is 2.33. The summed E-state index contributed by atoms with van der Waals surface area (Å²) in [5, 5.41) is 3.68. The molecule has 7 nitrogen and oxygen atoms in total. The van der Waals surface area contributed by atoms with E-state index in [0.717, 1.165) is 24.0 Å². The summed E-state index contributed by atoms with van der Waals surface area (Å²) in [6.45, 7) is 2.35. The van der Waals surface area contributed by atoms with Crippen molar-refractivity contribution in [2.45, 2.75) is 19.4 Å². The second kappa shape index (κ2) is 5.72. The average molecular weight is 306 g/mol. The van der Waals surface area contributed by atoms with Crippen molar-refractivity contribution in [2.75, 3.05) is 23.7 Å². The summed E-state index contributed by atoms with van der Waals surface area (Å²) < 4.78 is 1.87. The van der Waals surface area contributed by atoms with Crippen LogP contribution in [0.3, 0.4) is 0 Å². The molecular formula is C13H18N6OS. The summed E-state index contributed by atoms with van der Waals surface area (Å²) in [5.41, 5.74) is 5.88. The molecule has 2 aromatic heterocycles. The summed E-state index contributed by atoms with van der Waals surface area (Å²) >= 11 is 1.36. The lowest BCUT2D eigenvalue weighted by Gasteiger charge is -2.11. The number of nitrogen functional groups attached to an aromatic ring is 1. The SMILES string of the molecule is Cn1ccnc1CNC(=O)c1sc(N2CCCC2)nc1N. The fourth-order valence-corrected chi connectivity index (χ4v) is 3.29. The molecule has 1 aliphatic heterocycles. The zero-order chi connectivity index (χ0) is 14.8. The van der Waals surface area contributed by atoms with E-state index in [2.05, 4.69) is 20.2 Å². The van der Waals surface area contributed by atoms with E-state index in [4.69, 9.17) is 5.73 Å². The fraction of sp³-hybridized carbons (Fsp3) is 0.462. The number of nitrogens with one attached hydrogen (secondary N) is 1. The first-order chi connectivity index (χ1) is 10.1. The van der Waals surface area contributed by atoms with Gasteiger partial charge in [0.25, 0.3) is 5.91 Å². The maximum Gasteiger partial charge on any atom is 0.265 e. The van der Waals surface area contributed by atoms with Crippen molar-refractivity contribution >= 4 is 28.2 Å². The van der Waals surface area contributed by atoms with E-state index in [1.54, 1.807) is 6.20 Å². The topological polar surface area (TPSA) is 89.1 Å². The predicted octanol–water partition coefficient (Wildman–Crippen LogP) is 0.989. The van der Waals surface area contributed by atoms with Gasteiger partial charge < -0.3 is 20.5 Å². The van der Waals surface area contributed by atoms with E-state index >= 15 is 0 Å². The molecule has 0 aliphatic carbocycles. The van der Waals surface area contributed by atoms with Crippen LogP contribution in [0, 0.1) is 0 Å². The molecule has 8 heteroatoms. The molecule has 3 rings (SSSR count). The zero-order valence-electron chi connectivity index (χ0n) is 11.9. The van der Waals surface area contributed by atoms with Gasteiger partial charge in [-0.15, -0.1) is 0 Å². The highest BCUT2D eigenvalue weighted by molar-refractivity contribution is 7.18. The average Bonchev–Trinajstić information content (AvgIpc) is 3.16. The molecule has 0 aromatic carbocycles. The molecule has 3 N–H and O–H groups in total. The number of rotatable bonds is 4. The van der Waals surface area contributed by atoms with E-state index in [-0.39, 0.29) is 5.91 Å². The maximum atomic E-state index is 12.2. The van der Waals surface area contributed by atoms with Gasteiger partial charge in [0.15, 0.2) is 5.13 Å². The first kappa shape index (κ1) is 13.9. The number of anilines is 2. The Kier molecular flexibility index (Phi) is 3.78. The van der Waals surface area contributed by atoms with Crippen LogP contribution in [0.4, 0.5) is 10.9 Å². The number of aromatic nitrogens is 3. The van der Waals surface area contributed by atoms with Gasteiger partial charge in [-0.2, -0.15) is 0 Å². The number of nitrogens with zero attached hydrogens (tertiary/aromatic N) is 4. The molecule has 1 saturated heterocycles. The smallest absolute Gasteiger partial charge is 0.265 e. The van der Waals surface area contributed by atoms with Gasteiger partial charge in [0, 0.05) is 32.5 Å². The highest BCUT2D eigenvalue weighted by Gasteiger charge is 2.21. The highest BCUT2D eigenvalue weighted by Crippen LogP contribution is 2.30. The van der Waals surface area contributed by atoms with E-state index in [1.165, 1.54) is 24.2 Å². The van der Waals surface area contributed by atoms with Gasteiger partial charge in [-0.25, -0.2) is 9.97 Å². The van der Waals surface area contributed by atoms with Crippen molar-refractivity contribution in [1.29, 1.82) is 0 Å². The highest BCUT2D eigenvalue weighted by atomic mass is 32.1. The summed E-state index contributed by atoms with van der Waals surface area (Å²) in [6, 6.07) is 0. The molecule has 3 heterocycles. The molecule has 0 bridgehead atoms. The van der Waals surface area contributed by atoms with Gasteiger partial charge in [0.2, 0.25) is 0 Å². The van der Waals surface area contributed by atoms with Crippen LogP contribution in [0.5, 0.6) is 0 Å². The van der Waals surface area contributed by atoms with Crippen molar-refractivity contribution in [2.24, 2.45) is 7.05 Å². The lowest BCUT2D eigenvalue weighted by Crippen LogP contribution is -2.24. The zero-order valence-corrected chi connectivity index (χ0v) is 12.7. The van der Waals surface area contributed by atoms with Crippen molar-refractivity contribution in [3.63, 3.8) is 0 Å². The Labute approximate surface area is 126 Å². The minimum atomic E-state index is -0.196. The van der Waals surface area contributed by atoms with Gasteiger partial charge in [0.05, 0.1) is 6.54 Å². The van der Waals surface area contributed by atoms with Crippen molar-refractivity contribution in [1.82, 2.24) is 19.9 Å². The van der Waals surface area contributed by atoms with Crippen LogP contribution >= 0.6 is 11.3 Å². The Bertz CT molecular complexity index is 643. The monoisotopic (exact) mass is 306 g/mol. The Hall–Kier alpha value is -2.09. The third-order valence-corrected chi connectivity index (χ3v) is 4.68. The predicted molar refractivity (Wildman–Crippen MR) is 82.4 cm³/mol. The van der Waals surface area contributed by atoms with E-state index in [0.29, 0.717) is 17.2 Å². The molecule has 1 aliphatic rings. The molecule has 0 spiro atoms. The molecule has 0 saturated carbocycles. The lowest BCUT2D eigenvalue weighted by molar-refractivity contribution is 0.0954. The first-order valence-electron chi connectivity index (χ1n) is 6.91. The Balaban J connectivity index is 1.68. The van der Waals surface area contributed by atoms with E-state index in [1.807, 2.05) is 17.8 Å². The van der Waals surface area contributed by atoms with Crippen LogP contribution in [0.2, 0.25) is 0 Å². The molecule has 0 unspecified atom stereocenters. The van der Waals surface area contributed by atoms with Crippen LogP contribution in [-0.2, 0) is 13.6 Å². The Morgan fingerprint density at radius 1 is 1.48 bits per heavy atom. The number of aryl methyl sites for hydroxylation is 1. The van der Waals surface area contributed by atoms with Crippen molar-refractivity contribution in [3.05, 3.63) is 23.1 Å². The molecule has 112 valence electrons. The van der Waals surface area contributed by atoms with Gasteiger partial charge in [-0.3, -0.25) is 4.79 Å². The Morgan fingerprint density at radius 2 is 2.24 bits per heavy atom. The summed E-state index contributed by atoms with van der Waals surface area (Å²) in [7, 11) is 1.89. The standard InChI is InChI=1S/C13H18N6OS/c1-18-7-4-15-9(18)8-16-12(20)10-11(14)17-13(21-10)19-5-2-3-6-19/h4,7H,2-3,5-6,8,14H2,1H3,(H,16,20). The van der Waals surface area contributed by atoms with Gasteiger partial charge >= 0.3 is 0 Å². The Morgan fingerprint density at radius 3 is 2.90 bits per heavy atom. The quantitative estimate of drug-likeness (QED) is 0.879. The third kappa shape index (κ3) is 2.85. The molecule has 21 heavy (non-hydrogen) atoms. The van der Waals surface area contributed by atoms with Crippen LogP contribution < -0.4 is 16.0 Å². The third-order valence-electron chi connectivity index (χ3n) is 3.55. The molecule has 1 fully saturated rings. The summed E-state index contributed by atoms with van der Waals surface area (Å²) in [5.74, 6) is 0.906. The number of imidazole rings is 1. The lowest BCUT2D eigenvalue weighted by atomic mass is 10.4. The van der Waals surface area contributed by atoms with Gasteiger partial charge in [-0.1, -0.05) is 11.3 Å². The number of thiazole rings is 1. The van der Waals surface area contributed by atoms with Gasteiger partial charge in [-0.05, 0) is 12.8 Å². The van der Waals surface area contributed by atoms with Crippen LogP contribution in [0.1, 0.15) is 28.3 Å². The minimum absolute atomic E-state index is 0.196. The second-order valence-electron chi connectivity index (χ2n) is 5.04. The first-order valence-corrected chi connectivity index (χ1v) is 7.72. The van der Waals surface area contributed by atoms with Gasteiger partial charge in [0.1, 0.15) is 16.5 Å². The molecular weight excluding hydrogens is 288 g/mol. The molecule has 0 radical (unpaired) electrons. The largest absolute Gasteiger partial charge is 0.382 e. The number of amides is 1. The summed E-state index contributed by atoms with van der Waals surface area (Å²) in [6.07, 6.45) is 5.88. The molecule has 1 amide bonds. The van der Waals surface area contributed by atoms with Crippen LogP contribution in [-0.4, -0.2) is 33.5 Å². The van der Waals surface area contributed by atoms with Crippen LogP contribution in [0.25, 0.3) is 0 Å². The van der Waals surface area contributed by atoms with Crippen molar-refractivity contribution < 1.29 is 4.79 Å². The number of hydrogen-bond acceptors (Lipinski definition) is 6. The van der Waals surface area contributed by atoms with E-state index < -0.39 is 0 Å². The maximum absolute atomic E-state index is 12.2. The molecule has 2 aromatic rings. The van der Waals surface area contributed by atoms with Crippen LogP contribution in [0.15, 0.2) is 12.4 Å². The number of carbonyl (C=O) groups is 1. The number of carbonyl (C=O) groups excluding carboxylic acids is 1.